The van der Waals surface area contributed by atoms with E-state index in [1.165, 1.54) is 10.3 Å². The van der Waals surface area contributed by atoms with Crippen LogP contribution in [-0.4, -0.2) is 47.7 Å². The van der Waals surface area contributed by atoms with Gasteiger partial charge in [0.1, 0.15) is 0 Å². The smallest absolute Gasteiger partial charge is 0.328 e. The molecule has 1 N–H and O–H groups in total. The van der Waals surface area contributed by atoms with Crippen molar-refractivity contribution in [3.63, 3.8) is 0 Å². The molecule has 0 aliphatic carbocycles. The Morgan fingerprint density at radius 3 is 2.33 bits per heavy atom. The number of likely N-dealkylation sites (N-methyl/N-ethyl adjacent to an activating group) is 1. The van der Waals surface area contributed by atoms with Crippen LogP contribution >= 0.6 is 0 Å². The second-order valence-electron chi connectivity index (χ2n) is 8.68. The van der Waals surface area contributed by atoms with Crippen molar-refractivity contribution in [2.75, 3.05) is 38.1 Å². The van der Waals surface area contributed by atoms with Crippen LogP contribution in [0.15, 0.2) is 82.4 Å². The number of aryl methyl sites for hydroxylation is 1. The number of aromatic nitrogens is 2. The molecule has 0 radical (unpaired) electrons. The van der Waals surface area contributed by atoms with Gasteiger partial charge in [-0.25, -0.2) is 4.79 Å². The van der Waals surface area contributed by atoms with Gasteiger partial charge in [-0.3, -0.25) is 9.36 Å². The van der Waals surface area contributed by atoms with Gasteiger partial charge in [-0.2, -0.15) is 0 Å². The van der Waals surface area contributed by atoms with E-state index in [-0.39, 0.29) is 11.2 Å². The molecule has 6 heteroatoms. The molecule has 0 atom stereocenters. The zero-order valence-electron chi connectivity index (χ0n) is 18.8. The lowest BCUT2D eigenvalue weighted by molar-refractivity contribution is 0.312. The third-order valence-electron chi connectivity index (χ3n) is 6.53. The van der Waals surface area contributed by atoms with E-state index >= 15 is 0 Å². The van der Waals surface area contributed by atoms with Crippen molar-refractivity contribution < 1.29 is 0 Å². The first-order valence-corrected chi connectivity index (χ1v) is 11.4. The molecule has 0 unspecified atom stereocenters. The zero-order valence-corrected chi connectivity index (χ0v) is 18.8. The van der Waals surface area contributed by atoms with E-state index in [0.717, 1.165) is 42.9 Å². The Balaban J connectivity index is 1.45. The minimum absolute atomic E-state index is 0.247. The Bertz CT molecular complexity index is 1380. The summed E-state index contributed by atoms with van der Waals surface area (Å²) in [6, 6.07) is 23.9. The van der Waals surface area contributed by atoms with Gasteiger partial charge in [0.25, 0.3) is 5.56 Å². The van der Waals surface area contributed by atoms with Gasteiger partial charge in [0.2, 0.25) is 0 Å². The maximum Gasteiger partial charge on any atom is 0.328 e. The van der Waals surface area contributed by atoms with Gasteiger partial charge in [0, 0.05) is 38.4 Å². The average Bonchev–Trinajstić information content (AvgIpc) is 2.85. The maximum absolute atomic E-state index is 13.3. The Morgan fingerprint density at radius 1 is 0.818 bits per heavy atom. The van der Waals surface area contributed by atoms with Crippen LogP contribution in [0.1, 0.15) is 5.56 Å². The molecule has 3 aromatic carbocycles. The number of aromatic amines is 1. The summed E-state index contributed by atoms with van der Waals surface area (Å²) >= 11 is 0. The largest absolute Gasteiger partial charge is 0.369 e. The van der Waals surface area contributed by atoms with E-state index in [1.807, 2.05) is 54.6 Å². The SMILES string of the molecule is CN1CCN(c2ccccc2CCn2c(=O)[nH]c3ccc(-c4ccccc4)cc3c2=O)CC1. The highest BCUT2D eigenvalue weighted by Gasteiger charge is 2.17. The van der Waals surface area contributed by atoms with Gasteiger partial charge in [0.05, 0.1) is 10.9 Å². The topological polar surface area (TPSA) is 61.3 Å². The Hall–Kier alpha value is -3.64. The number of H-pyrrole nitrogens is 1. The first-order chi connectivity index (χ1) is 16.1. The molecule has 1 aliphatic heterocycles. The van der Waals surface area contributed by atoms with Gasteiger partial charge in [-0.05, 0) is 48.4 Å². The number of benzene rings is 3. The predicted molar refractivity (Wildman–Crippen MR) is 134 cm³/mol. The number of hydrogen-bond donors (Lipinski definition) is 1. The fourth-order valence-electron chi connectivity index (χ4n) is 4.57. The molecule has 0 spiro atoms. The number of para-hydroxylation sites is 1. The van der Waals surface area contributed by atoms with Crippen LogP contribution in [0.5, 0.6) is 0 Å². The molecule has 1 aromatic heterocycles. The van der Waals surface area contributed by atoms with Crippen molar-refractivity contribution in [3.8, 4) is 11.1 Å². The second-order valence-corrected chi connectivity index (χ2v) is 8.68. The monoisotopic (exact) mass is 440 g/mol. The minimum Gasteiger partial charge on any atom is -0.369 e. The van der Waals surface area contributed by atoms with Gasteiger partial charge in [0.15, 0.2) is 0 Å². The first-order valence-electron chi connectivity index (χ1n) is 11.4. The van der Waals surface area contributed by atoms with E-state index < -0.39 is 0 Å². The molecule has 0 saturated carbocycles. The zero-order chi connectivity index (χ0) is 22.8. The normalized spacial score (nSPS) is 14.6. The quantitative estimate of drug-likeness (QED) is 0.517. The van der Waals surface area contributed by atoms with Crippen molar-refractivity contribution >= 4 is 16.6 Å². The van der Waals surface area contributed by atoms with Crippen LogP contribution in [0.3, 0.4) is 0 Å². The maximum atomic E-state index is 13.3. The van der Waals surface area contributed by atoms with Crippen LogP contribution in [0.2, 0.25) is 0 Å². The first kappa shape index (κ1) is 21.2. The lowest BCUT2D eigenvalue weighted by Gasteiger charge is -2.35. The second kappa shape index (κ2) is 9.08. The van der Waals surface area contributed by atoms with Crippen LogP contribution < -0.4 is 16.1 Å². The third-order valence-corrected chi connectivity index (χ3v) is 6.53. The van der Waals surface area contributed by atoms with Crippen molar-refractivity contribution in [2.24, 2.45) is 0 Å². The van der Waals surface area contributed by atoms with Crippen LogP contribution in [0.4, 0.5) is 5.69 Å². The molecule has 1 aliphatic rings. The van der Waals surface area contributed by atoms with E-state index in [2.05, 4.69) is 40.0 Å². The molecule has 5 rings (SSSR count). The summed E-state index contributed by atoms with van der Waals surface area (Å²) < 4.78 is 1.33. The summed E-state index contributed by atoms with van der Waals surface area (Å²) in [4.78, 5) is 33.7. The molecule has 33 heavy (non-hydrogen) atoms. The molecule has 4 aromatic rings. The molecular weight excluding hydrogens is 412 g/mol. The highest BCUT2D eigenvalue weighted by Crippen LogP contribution is 2.23. The fourth-order valence-corrected chi connectivity index (χ4v) is 4.57. The van der Waals surface area contributed by atoms with E-state index in [0.29, 0.717) is 23.9 Å². The Kier molecular flexibility index (Phi) is 5.84. The molecule has 1 fully saturated rings. The number of nitrogens with one attached hydrogen (secondary N) is 1. The highest BCUT2D eigenvalue weighted by atomic mass is 16.2. The van der Waals surface area contributed by atoms with Gasteiger partial charge < -0.3 is 14.8 Å². The fraction of sp³-hybridized carbons (Fsp3) is 0.259. The lowest BCUT2D eigenvalue weighted by Crippen LogP contribution is -2.44. The van der Waals surface area contributed by atoms with Crippen molar-refractivity contribution in [3.05, 3.63) is 99.2 Å². The molecule has 0 amide bonds. The van der Waals surface area contributed by atoms with Crippen LogP contribution in [0, 0.1) is 0 Å². The number of anilines is 1. The van der Waals surface area contributed by atoms with Gasteiger partial charge >= 0.3 is 5.69 Å². The summed E-state index contributed by atoms with van der Waals surface area (Å²) in [5.41, 5.74) is 4.31. The Morgan fingerprint density at radius 2 is 1.55 bits per heavy atom. The third kappa shape index (κ3) is 4.34. The molecular formula is C27H28N4O2. The predicted octanol–water partition coefficient (Wildman–Crippen LogP) is 3.35. The van der Waals surface area contributed by atoms with Crippen LogP contribution in [0.25, 0.3) is 22.0 Å². The van der Waals surface area contributed by atoms with Crippen LogP contribution in [-0.2, 0) is 13.0 Å². The number of nitrogens with zero attached hydrogens (tertiary/aromatic N) is 3. The molecule has 1 saturated heterocycles. The molecule has 2 heterocycles. The molecule has 168 valence electrons. The van der Waals surface area contributed by atoms with Gasteiger partial charge in [-0.15, -0.1) is 0 Å². The average molecular weight is 441 g/mol. The van der Waals surface area contributed by atoms with E-state index in [9.17, 15) is 9.59 Å². The number of piperazine rings is 1. The lowest BCUT2D eigenvalue weighted by atomic mass is 10.0. The van der Waals surface area contributed by atoms with Gasteiger partial charge in [-0.1, -0.05) is 54.6 Å². The van der Waals surface area contributed by atoms with Crippen molar-refractivity contribution in [2.45, 2.75) is 13.0 Å². The number of fused-ring (bicyclic) bond motifs is 1. The highest BCUT2D eigenvalue weighted by molar-refractivity contribution is 5.83. The number of hydrogen-bond acceptors (Lipinski definition) is 4. The summed E-state index contributed by atoms with van der Waals surface area (Å²) in [5.74, 6) is 0. The Labute approximate surface area is 192 Å². The summed E-state index contributed by atoms with van der Waals surface area (Å²) in [6.45, 7) is 4.35. The summed E-state index contributed by atoms with van der Waals surface area (Å²) in [5, 5.41) is 0.531. The van der Waals surface area contributed by atoms with Crippen molar-refractivity contribution in [1.29, 1.82) is 0 Å². The van der Waals surface area contributed by atoms with E-state index in [1.54, 1.807) is 0 Å². The molecule has 0 bridgehead atoms. The standard InChI is InChI=1S/C27H28N4O2/c1-29-15-17-30(18-16-29)25-10-6-5-9-21(25)13-14-31-26(32)23-19-22(20-7-3-2-4-8-20)11-12-24(23)28-27(31)33/h2-12,19H,13-18H2,1H3,(H,28,33). The molecule has 6 nitrogen and oxygen atoms in total. The minimum atomic E-state index is -0.364. The summed E-state index contributed by atoms with van der Waals surface area (Å²) in [7, 11) is 2.14. The van der Waals surface area contributed by atoms with E-state index in [4.69, 9.17) is 0 Å². The summed E-state index contributed by atoms with van der Waals surface area (Å²) in [6.07, 6.45) is 0.620. The van der Waals surface area contributed by atoms with Crippen molar-refractivity contribution in [1.82, 2.24) is 14.5 Å². The number of rotatable bonds is 5.